The molecular weight excluding hydrogens is 368 g/mol. The van der Waals surface area contributed by atoms with Crippen LogP contribution in [-0.4, -0.2) is 24.0 Å². The second-order valence-electron chi connectivity index (χ2n) is 6.85. The smallest absolute Gasteiger partial charge is 0.259 e. The van der Waals surface area contributed by atoms with Crippen LogP contribution < -0.4 is 15.4 Å². The second-order valence-corrected chi connectivity index (χ2v) is 6.85. The van der Waals surface area contributed by atoms with Gasteiger partial charge in [-0.25, -0.2) is 0 Å². The summed E-state index contributed by atoms with van der Waals surface area (Å²) < 4.78 is 5.24. The number of phenolic OH excluding ortho intramolecular Hbond substituents is 1. The predicted molar refractivity (Wildman–Crippen MR) is 111 cm³/mol. The number of hydrogen-bond donors (Lipinski definition) is 3. The fraction of sp³-hybridized carbons (Fsp3) is 0.130. The first kappa shape index (κ1) is 18.6. The van der Waals surface area contributed by atoms with Gasteiger partial charge in [0.2, 0.25) is 5.91 Å². The van der Waals surface area contributed by atoms with Crippen molar-refractivity contribution < 1.29 is 19.4 Å². The highest BCUT2D eigenvalue weighted by Crippen LogP contribution is 2.38. The minimum atomic E-state index is -0.292. The summed E-state index contributed by atoms with van der Waals surface area (Å²) in [7, 11) is 1.52. The Kier molecular flexibility index (Phi) is 4.91. The third kappa shape index (κ3) is 3.78. The number of para-hydroxylation sites is 1. The molecule has 0 aromatic heterocycles. The van der Waals surface area contributed by atoms with E-state index in [2.05, 4.69) is 10.6 Å². The van der Waals surface area contributed by atoms with Gasteiger partial charge in [-0.05, 0) is 47.5 Å². The van der Waals surface area contributed by atoms with Crippen LogP contribution in [0.15, 0.2) is 66.7 Å². The average molecular weight is 388 g/mol. The Morgan fingerprint density at radius 2 is 1.86 bits per heavy atom. The summed E-state index contributed by atoms with van der Waals surface area (Å²) in [6.07, 6.45) is 0.324. The number of amides is 2. The summed E-state index contributed by atoms with van der Waals surface area (Å²) in [6, 6.07) is 19.3. The maximum atomic E-state index is 12.6. The van der Waals surface area contributed by atoms with Crippen molar-refractivity contribution in [1.82, 2.24) is 0 Å². The third-order valence-electron chi connectivity index (χ3n) is 5.00. The molecule has 0 spiro atoms. The Labute approximate surface area is 168 Å². The van der Waals surface area contributed by atoms with E-state index < -0.39 is 0 Å². The summed E-state index contributed by atoms with van der Waals surface area (Å²) in [5, 5.41) is 15.3. The summed E-state index contributed by atoms with van der Waals surface area (Å²) in [4.78, 5) is 24.9. The number of anilines is 2. The third-order valence-corrected chi connectivity index (χ3v) is 5.00. The van der Waals surface area contributed by atoms with E-state index in [1.54, 1.807) is 42.5 Å². The van der Waals surface area contributed by atoms with E-state index in [1.807, 2.05) is 24.3 Å². The minimum absolute atomic E-state index is 0.0937. The van der Waals surface area contributed by atoms with Gasteiger partial charge in [0.25, 0.3) is 5.91 Å². The Morgan fingerprint density at radius 1 is 1.10 bits per heavy atom. The molecule has 0 bridgehead atoms. The number of hydrogen-bond acceptors (Lipinski definition) is 4. The highest BCUT2D eigenvalue weighted by Gasteiger charge is 2.27. The number of nitrogens with one attached hydrogen (secondary N) is 2. The lowest BCUT2D eigenvalue weighted by Gasteiger charge is -2.26. The van der Waals surface area contributed by atoms with Crippen LogP contribution in [0, 0.1) is 0 Å². The van der Waals surface area contributed by atoms with Crippen molar-refractivity contribution in [1.29, 1.82) is 0 Å². The van der Waals surface area contributed by atoms with Crippen molar-refractivity contribution in [3.05, 3.63) is 83.4 Å². The van der Waals surface area contributed by atoms with Crippen LogP contribution >= 0.6 is 0 Å². The van der Waals surface area contributed by atoms with E-state index in [0.29, 0.717) is 29.1 Å². The molecule has 1 aliphatic rings. The first-order valence-corrected chi connectivity index (χ1v) is 9.22. The summed E-state index contributed by atoms with van der Waals surface area (Å²) in [5.41, 5.74) is 3.58. The van der Waals surface area contributed by atoms with Crippen molar-refractivity contribution in [2.75, 3.05) is 17.7 Å². The number of phenols is 1. The molecule has 1 atom stereocenters. The molecular formula is C23H20N2O4. The molecule has 3 N–H and O–H groups in total. The second kappa shape index (κ2) is 7.67. The number of carbonyl (C=O) groups is 2. The van der Waals surface area contributed by atoms with Gasteiger partial charge in [0.15, 0.2) is 0 Å². The van der Waals surface area contributed by atoms with Gasteiger partial charge in [0.05, 0.1) is 12.7 Å². The molecule has 3 aromatic carbocycles. The summed E-state index contributed by atoms with van der Waals surface area (Å²) >= 11 is 0. The first-order chi connectivity index (χ1) is 14.0. The molecule has 0 fully saturated rings. The molecule has 0 saturated carbocycles. The lowest BCUT2D eigenvalue weighted by atomic mass is 9.84. The lowest BCUT2D eigenvalue weighted by Crippen LogP contribution is -2.24. The van der Waals surface area contributed by atoms with Gasteiger partial charge >= 0.3 is 0 Å². The number of rotatable bonds is 4. The van der Waals surface area contributed by atoms with Gasteiger partial charge in [-0.3, -0.25) is 9.59 Å². The van der Waals surface area contributed by atoms with E-state index in [9.17, 15) is 14.7 Å². The number of methoxy groups -OCH3 is 1. The molecule has 0 unspecified atom stereocenters. The molecule has 1 heterocycles. The standard InChI is InChI=1S/C23H20N2O4/c1-29-21-5-3-2-4-18(21)23(28)24-15-8-11-17-19(13-22(27)25-20(17)12-15)14-6-9-16(26)10-7-14/h2-12,19,26H,13H2,1H3,(H,24,28)(H,25,27)/t19-/m1/s1. The largest absolute Gasteiger partial charge is 0.508 e. The molecule has 2 amide bonds. The fourth-order valence-corrected chi connectivity index (χ4v) is 3.58. The van der Waals surface area contributed by atoms with E-state index in [1.165, 1.54) is 7.11 Å². The van der Waals surface area contributed by atoms with Crippen LogP contribution in [0.2, 0.25) is 0 Å². The Morgan fingerprint density at radius 3 is 2.62 bits per heavy atom. The van der Waals surface area contributed by atoms with E-state index in [-0.39, 0.29) is 23.5 Å². The normalized spacial score (nSPS) is 15.2. The Hall–Kier alpha value is -3.80. The van der Waals surface area contributed by atoms with E-state index >= 15 is 0 Å². The zero-order chi connectivity index (χ0) is 20.4. The number of fused-ring (bicyclic) bond motifs is 1. The molecule has 6 heteroatoms. The highest BCUT2D eigenvalue weighted by molar-refractivity contribution is 6.06. The van der Waals surface area contributed by atoms with Gasteiger partial charge < -0.3 is 20.5 Å². The molecule has 4 rings (SSSR count). The monoisotopic (exact) mass is 388 g/mol. The predicted octanol–water partition coefficient (Wildman–Crippen LogP) is 4.13. The van der Waals surface area contributed by atoms with Crippen molar-refractivity contribution in [2.24, 2.45) is 0 Å². The Bertz CT molecular complexity index is 1080. The number of benzene rings is 3. The SMILES string of the molecule is COc1ccccc1C(=O)Nc1ccc2c(c1)NC(=O)C[C@@H]2c1ccc(O)cc1. The topological polar surface area (TPSA) is 87.7 Å². The molecule has 0 saturated heterocycles. The van der Waals surface area contributed by atoms with E-state index in [4.69, 9.17) is 4.74 Å². The average Bonchev–Trinajstić information content (AvgIpc) is 2.73. The maximum absolute atomic E-state index is 12.6. The molecule has 0 aliphatic carbocycles. The van der Waals surface area contributed by atoms with Gasteiger partial charge in [-0.1, -0.05) is 30.3 Å². The molecule has 1 aliphatic heterocycles. The summed E-state index contributed by atoms with van der Waals surface area (Å²) in [6.45, 7) is 0. The Balaban J connectivity index is 1.62. The quantitative estimate of drug-likeness (QED) is 0.627. The zero-order valence-corrected chi connectivity index (χ0v) is 15.8. The van der Waals surface area contributed by atoms with Gasteiger partial charge in [0, 0.05) is 23.7 Å². The molecule has 146 valence electrons. The number of aromatic hydroxyl groups is 1. The van der Waals surface area contributed by atoms with Crippen LogP contribution in [0.1, 0.15) is 33.8 Å². The maximum Gasteiger partial charge on any atom is 0.259 e. The minimum Gasteiger partial charge on any atom is -0.508 e. The van der Waals surface area contributed by atoms with Gasteiger partial charge in [-0.15, -0.1) is 0 Å². The molecule has 0 radical (unpaired) electrons. The van der Waals surface area contributed by atoms with Crippen LogP contribution in [0.4, 0.5) is 11.4 Å². The summed E-state index contributed by atoms with van der Waals surface area (Å²) in [5.74, 6) is 0.175. The molecule has 6 nitrogen and oxygen atoms in total. The van der Waals surface area contributed by atoms with Crippen LogP contribution in [0.5, 0.6) is 11.5 Å². The number of carbonyl (C=O) groups excluding carboxylic acids is 2. The van der Waals surface area contributed by atoms with Crippen LogP contribution in [-0.2, 0) is 4.79 Å². The number of ether oxygens (including phenoxy) is 1. The molecule has 3 aromatic rings. The van der Waals surface area contributed by atoms with Crippen molar-refractivity contribution >= 4 is 23.2 Å². The van der Waals surface area contributed by atoms with Crippen molar-refractivity contribution in [3.63, 3.8) is 0 Å². The van der Waals surface area contributed by atoms with Gasteiger partial charge in [-0.2, -0.15) is 0 Å². The van der Waals surface area contributed by atoms with Crippen molar-refractivity contribution in [3.8, 4) is 11.5 Å². The lowest BCUT2D eigenvalue weighted by molar-refractivity contribution is -0.116. The molecule has 29 heavy (non-hydrogen) atoms. The van der Waals surface area contributed by atoms with Crippen LogP contribution in [0.25, 0.3) is 0 Å². The van der Waals surface area contributed by atoms with Gasteiger partial charge in [0.1, 0.15) is 11.5 Å². The van der Waals surface area contributed by atoms with Crippen molar-refractivity contribution in [2.45, 2.75) is 12.3 Å². The zero-order valence-electron chi connectivity index (χ0n) is 15.8. The fourth-order valence-electron chi connectivity index (χ4n) is 3.58. The first-order valence-electron chi connectivity index (χ1n) is 9.22. The van der Waals surface area contributed by atoms with E-state index in [0.717, 1.165) is 11.1 Å². The van der Waals surface area contributed by atoms with Crippen LogP contribution in [0.3, 0.4) is 0 Å². The highest BCUT2D eigenvalue weighted by atomic mass is 16.5.